The molecule has 0 radical (unpaired) electrons. The van der Waals surface area contributed by atoms with E-state index in [0.29, 0.717) is 17.0 Å². The average molecular weight is 303 g/mol. The molecule has 0 fully saturated rings. The Hall–Kier alpha value is -2.89. The monoisotopic (exact) mass is 303 g/mol. The molecule has 0 aliphatic heterocycles. The van der Waals surface area contributed by atoms with E-state index in [0.717, 1.165) is 0 Å². The molecule has 0 aliphatic rings. The fourth-order valence-corrected chi connectivity index (χ4v) is 1.71. The van der Waals surface area contributed by atoms with E-state index < -0.39 is 11.9 Å². The number of esters is 1. The second kappa shape index (κ2) is 7.21. The Balaban J connectivity index is 1.91. The van der Waals surface area contributed by atoms with Gasteiger partial charge in [-0.05, 0) is 42.5 Å². The molecule has 0 spiro atoms. The van der Waals surface area contributed by atoms with Crippen molar-refractivity contribution in [3.05, 3.63) is 59.9 Å². The minimum absolute atomic E-state index is 0.234. The van der Waals surface area contributed by atoms with Gasteiger partial charge in [0.25, 0.3) is 5.91 Å². The second-order valence-corrected chi connectivity index (χ2v) is 4.36. The largest absolute Gasteiger partial charge is 0.484 e. The van der Waals surface area contributed by atoms with Gasteiger partial charge in [0.1, 0.15) is 11.6 Å². The molecule has 0 saturated heterocycles. The molecule has 0 aliphatic carbocycles. The van der Waals surface area contributed by atoms with Crippen molar-refractivity contribution in [2.75, 3.05) is 19.0 Å². The van der Waals surface area contributed by atoms with Crippen LogP contribution in [-0.2, 0) is 9.53 Å². The molecule has 5 nitrogen and oxygen atoms in total. The third-order valence-corrected chi connectivity index (χ3v) is 2.75. The van der Waals surface area contributed by atoms with E-state index in [1.165, 1.54) is 37.4 Å². The fraction of sp³-hybridized carbons (Fsp3) is 0.125. The molecule has 1 amide bonds. The summed E-state index contributed by atoms with van der Waals surface area (Å²) in [5, 5.41) is 2.57. The fourth-order valence-electron chi connectivity index (χ4n) is 1.71. The van der Waals surface area contributed by atoms with Gasteiger partial charge in [0.2, 0.25) is 0 Å². The molecule has 6 heteroatoms. The Morgan fingerprint density at radius 2 is 1.86 bits per heavy atom. The smallest absolute Gasteiger partial charge is 0.337 e. The summed E-state index contributed by atoms with van der Waals surface area (Å²) >= 11 is 0. The van der Waals surface area contributed by atoms with Crippen molar-refractivity contribution in [1.82, 2.24) is 0 Å². The standard InChI is InChI=1S/C16H14FNO4/c1-21-16(20)11-3-2-4-14(9-11)22-10-15(19)18-13-7-5-12(17)6-8-13/h2-9H,10H2,1H3,(H,18,19). The summed E-state index contributed by atoms with van der Waals surface area (Å²) in [6.07, 6.45) is 0. The highest BCUT2D eigenvalue weighted by molar-refractivity contribution is 5.92. The summed E-state index contributed by atoms with van der Waals surface area (Å²) in [5.74, 6) is -0.887. The summed E-state index contributed by atoms with van der Waals surface area (Å²) in [5.41, 5.74) is 0.803. The van der Waals surface area contributed by atoms with Gasteiger partial charge >= 0.3 is 5.97 Å². The van der Waals surface area contributed by atoms with Crippen molar-refractivity contribution >= 4 is 17.6 Å². The molecule has 0 aromatic heterocycles. The summed E-state index contributed by atoms with van der Waals surface area (Å²) in [6, 6.07) is 11.7. The second-order valence-electron chi connectivity index (χ2n) is 4.36. The van der Waals surface area contributed by atoms with Crippen molar-refractivity contribution in [1.29, 1.82) is 0 Å². The van der Waals surface area contributed by atoms with Gasteiger partial charge in [-0.25, -0.2) is 9.18 Å². The van der Waals surface area contributed by atoms with Crippen LogP contribution in [0.2, 0.25) is 0 Å². The maximum absolute atomic E-state index is 12.8. The molecule has 0 atom stereocenters. The number of nitrogens with one attached hydrogen (secondary N) is 1. The minimum atomic E-state index is -0.485. The number of hydrogen-bond acceptors (Lipinski definition) is 4. The highest BCUT2D eigenvalue weighted by Crippen LogP contribution is 2.14. The zero-order valence-electron chi connectivity index (χ0n) is 11.8. The van der Waals surface area contributed by atoms with Gasteiger partial charge in [-0.15, -0.1) is 0 Å². The quantitative estimate of drug-likeness (QED) is 0.862. The highest BCUT2D eigenvalue weighted by Gasteiger charge is 2.08. The lowest BCUT2D eigenvalue weighted by atomic mass is 10.2. The van der Waals surface area contributed by atoms with E-state index in [2.05, 4.69) is 10.1 Å². The van der Waals surface area contributed by atoms with Crippen LogP contribution in [0.4, 0.5) is 10.1 Å². The number of rotatable bonds is 5. The first-order valence-electron chi connectivity index (χ1n) is 6.45. The van der Waals surface area contributed by atoms with Crippen LogP contribution in [0.3, 0.4) is 0 Å². The van der Waals surface area contributed by atoms with Crippen molar-refractivity contribution in [3.8, 4) is 5.75 Å². The normalized spacial score (nSPS) is 9.91. The number of halogens is 1. The van der Waals surface area contributed by atoms with Crippen molar-refractivity contribution in [2.24, 2.45) is 0 Å². The van der Waals surface area contributed by atoms with E-state index in [9.17, 15) is 14.0 Å². The Morgan fingerprint density at radius 1 is 1.14 bits per heavy atom. The first-order chi connectivity index (χ1) is 10.6. The molecule has 0 heterocycles. The lowest BCUT2D eigenvalue weighted by Gasteiger charge is -2.08. The molecule has 0 unspecified atom stereocenters. The van der Waals surface area contributed by atoms with Crippen molar-refractivity contribution in [2.45, 2.75) is 0 Å². The molecule has 0 bridgehead atoms. The van der Waals surface area contributed by atoms with E-state index in [1.54, 1.807) is 18.2 Å². The minimum Gasteiger partial charge on any atom is -0.484 e. The van der Waals surface area contributed by atoms with Crippen molar-refractivity contribution in [3.63, 3.8) is 0 Å². The number of benzene rings is 2. The Morgan fingerprint density at radius 3 is 2.55 bits per heavy atom. The third-order valence-electron chi connectivity index (χ3n) is 2.75. The number of amides is 1. The Bertz CT molecular complexity index is 670. The molecular weight excluding hydrogens is 289 g/mol. The summed E-state index contributed by atoms with van der Waals surface area (Å²) < 4.78 is 22.7. The number of carbonyl (C=O) groups is 2. The van der Waals surface area contributed by atoms with Gasteiger partial charge in [0.05, 0.1) is 12.7 Å². The molecule has 2 rings (SSSR count). The zero-order chi connectivity index (χ0) is 15.9. The van der Waals surface area contributed by atoms with E-state index >= 15 is 0 Å². The van der Waals surface area contributed by atoms with E-state index in [4.69, 9.17) is 4.74 Å². The molecule has 0 saturated carbocycles. The molecule has 22 heavy (non-hydrogen) atoms. The maximum Gasteiger partial charge on any atom is 0.337 e. The van der Waals surface area contributed by atoms with Crippen LogP contribution in [0, 0.1) is 5.82 Å². The maximum atomic E-state index is 12.8. The molecule has 2 aromatic carbocycles. The van der Waals surface area contributed by atoms with Gasteiger partial charge in [0, 0.05) is 5.69 Å². The first kappa shape index (κ1) is 15.5. The van der Waals surface area contributed by atoms with Crippen LogP contribution in [0.15, 0.2) is 48.5 Å². The van der Waals surface area contributed by atoms with Gasteiger partial charge in [-0.3, -0.25) is 4.79 Å². The van der Waals surface area contributed by atoms with E-state index in [1.807, 2.05) is 0 Å². The number of anilines is 1. The SMILES string of the molecule is COC(=O)c1cccc(OCC(=O)Nc2ccc(F)cc2)c1. The average Bonchev–Trinajstić information content (AvgIpc) is 2.54. The van der Waals surface area contributed by atoms with E-state index in [-0.39, 0.29) is 12.4 Å². The molecule has 1 N–H and O–H groups in total. The Kier molecular flexibility index (Phi) is 5.08. The molecule has 114 valence electrons. The van der Waals surface area contributed by atoms with Crippen molar-refractivity contribution < 1.29 is 23.5 Å². The van der Waals surface area contributed by atoms with Gasteiger partial charge in [0.15, 0.2) is 6.61 Å². The summed E-state index contributed by atoms with van der Waals surface area (Å²) in [6.45, 7) is -0.234. The third kappa shape index (κ3) is 4.31. The predicted molar refractivity (Wildman–Crippen MR) is 78.3 cm³/mol. The summed E-state index contributed by atoms with van der Waals surface area (Å²) in [4.78, 5) is 23.1. The molecule has 2 aromatic rings. The van der Waals surface area contributed by atoms with Gasteiger partial charge in [-0.1, -0.05) is 6.07 Å². The Labute approximate surface area is 126 Å². The topological polar surface area (TPSA) is 64.6 Å². The number of ether oxygens (including phenoxy) is 2. The first-order valence-corrected chi connectivity index (χ1v) is 6.45. The lowest BCUT2D eigenvalue weighted by molar-refractivity contribution is -0.118. The lowest BCUT2D eigenvalue weighted by Crippen LogP contribution is -2.20. The van der Waals surface area contributed by atoms with Gasteiger partial charge in [-0.2, -0.15) is 0 Å². The van der Waals surface area contributed by atoms with Crippen LogP contribution < -0.4 is 10.1 Å². The number of methoxy groups -OCH3 is 1. The van der Waals surface area contributed by atoms with Crippen LogP contribution in [0.25, 0.3) is 0 Å². The van der Waals surface area contributed by atoms with Crippen LogP contribution in [0.5, 0.6) is 5.75 Å². The highest BCUT2D eigenvalue weighted by atomic mass is 19.1. The van der Waals surface area contributed by atoms with Crippen LogP contribution >= 0.6 is 0 Å². The molecular formula is C16H14FNO4. The van der Waals surface area contributed by atoms with Crippen LogP contribution in [0.1, 0.15) is 10.4 Å². The zero-order valence-corrected chi connectivity index (χ0v) is 11.8. The van der Waals surface area contributed by atoms with Crippen LogP contribution in [-0.4, -0.2) is 25.6 Å². The van der Waals surface area contributed by atoms with Gasteiger partial charge < -0.3 is 14.8 Å². The summed E-state index contributed by atoms with van der Waals surface area (Å²) in [7, 11) is 1.28. The number of carbonyl (C=O) groups excluding carboxylic acids is 2. The number of hydrogen-bond donors (Lipinski definition) is 1. The predicted octanol–water partition coefficient (Wildman–Crippen LogP) is 2.63.